The standard InChI is InChI=1S/C17H21NOS/c1-3-20-17-11-7-6-10-16(17)18-12-14-8-4-5-9-15(14)13-19-2/h4-11,18H,3,12-13H2,1-2H3. The van der Waals surface area contributed by atoms with Crippen LogP contribution in [0.1, 0.15) is 18.1 Å². The molecule has 2 aromatic rings. The van der Waals surface area contributed by atoms with E-state index in [0.29, 0.717) is 6.61 Å². The SMILES string of the molecule is CCSc1ccccc1NCc1ccccc1COC. The van der Waals surface area contributed by atoms with Crippen LogP contribution < -0.4 is 5.32 Å². The molecule has 0 aliphatic heterocycles. The number of hydrogen-bond donors (Lipinski definition) is 1. The number of hydrogen-bond acceptors (Lipinski definition) is 3. The third-order valence-corrected chi connectivity index (χ3v) is 4.03. The molecule has 0 bridgehead atoms. The summed E-state index contributed by atoms with van der Waals surface area (Å²) < 4.78 is 5.25. The summed E-state index contributed by atoms with van der Waals surface area (Å²) in [7, 11) is 1.73. The minimum Gasteiger partial charge on any atom is -0.380 e. The lowest BCUT2D eigenvalue weighted by atomic mass is 10.1. The summed E-state index contributed by atoms with van der Waals surface area (Å²) in [5.74, 6) is 1.08. The van der Waals surface area contributed by atoms with Crippen LogP contribution in [0, 0.1) is 0 Å². The lowest BCUT2D eigenvalue weighted by Gasteiger charge is -2.13. The molecule has 2 rings (SSSR count). The molecule has 0 spiro atoms. The van der Waals surface area contributed by atoms with Crippen LogP contribution in [0.2, 0.25) is 0 Å². The Kier molecular flexibility index (Phi) is 5.96. The Morgan fingerprint density at radius 2 is 1.70 bits per heavy atom. The first kappa shape index (κ1) is 14.9. The van der Waals surface area contributed by atoms with Gasteiger partial charge in [-0.1, -0.05) is 43.3 Å². The molecular formula is C17H21NOS. The van der Waals surface area contributed by atoms with E-state index in [2.05, 4.69) is 60.8 Å². The summed E-state index contributed by atoms with van der Waals surface area (Å²) in [6.45, 7) is 3.65. The third kappa shape index (κ3) is 4.02. The Labute approximate surface area is 125 Å². The van der Waals surface area contributed by atoms with Crippen molar-refractivity contribution in [2.75, 3.05) is 18.2 Å². The van der Waals surface area contributed by atoms with E-state index in [1.807, 2.05) is 11.8 Å². The molecule has 3 heteroatoms. The average Bonchev–Trinajstić information content (AvgIpc) is 2.48. The molecule has 0 heterocycles. The summed E-state index contributed by atoms with van der Waals surface area (Å²) in [5, 5.41) is 3.54. The van der Waals surface area contributed by atoms with Crippen molar-refractivity contribution < 1.29 is 4.74 Å². The minimum absolute atomic E-state index is 0.656. The number of para-hydroxylation sites is 1. The normalized spacial score (nSPS) is 10.5. The summed E-state index contributed by atoms with van der Waals surface area (Å²) >= 11 is 1.86. The highest BCUT2D eigenvalue weighted by molar-refractivity contribution is 7.99. The number of methoxy groups -OCH3 is 1. The summed E-state index contributed by atoms with van der Waals surface area (Å²) in [4.78, 5) is 1.30. The Morgan fingerprint density at radius 3 is 2.45 bits per heavy atom. The number of rotatable bonds is 7. The highest BCUT2D eigenvalue weighted by Gasteiger charge is 2.04. The van der Waals surface area contributed by atoms with Gasteiger partial charge in [0.25, 0.3) is 0 Å². The van der Waals surface area contributed by atoms with Crippen LogP contribution in [0.4, 0.5) is 5.69 Å². The highest BCUT2D eigenvalue weighted by atomic mass is 32.2. The van der Waals surface area contributed by atoms with Gasteiger partial charge in [0.2, 0.25) is 0 Å². The van der Waals surface area contributed by atoms with Gasteiger partial charge in [-0.2, -0.15) is 0 Å². The number of thioether (sulfide) groups is 1. The predicted octanol–water partition coefficient (Wildman–Crippen LogP) is 4.56. The number of ether oxygens (including phenoxy) is 1. The number of benzene rings is 2. The maximum absolute atomic E-state index is 5.25. The zero-order valence-corrected chi connectivity index (χ0v) is 12.9. The fourth-order valence-electron chi connectivity index (χ4n) is 2.11. The van der Waals surface area contributed by atoms with Gasteiger partial charge in [-0.25, -0.2) is 0 Å². The van der Waals surface area contributed by atoms with Gasteiger partial charge in [0.15, 0.2) is 0 Å². The number of nitrogens with one attached hydrogen (secondary N) is 1. The highest BCUT2D eigenvalue weighted by Crippen LogP contribution is 2.27. The van der Waals surface area contributed by atoms with E-state index in [1.165, 1.54) is 21.7 Å². The van der Waals surface area contributed by atoms with E-state index >= 15 is 0 Å². The van der Waals surface area contributed by atoms with E-state index in [4.69, 9.17) is 4.74 Å². The summed E-state index contributed by atoms with van der Waals surface area (Å²) in [5.41, 5.74) is 3.72. The molecule has 0 aliphatic carbocycles. The lowest BCUT2D eigenvalue weighted by molar-refractivity contribution is 0.184. The second-order valence-corrected chi connectivity index (χ2v) is 5.79. The van der Waals surface area contributed by atoms with Crippen LogP contribution in [0.25, 0.3) is 0 Å². The topological polar surface area (TPSA) is 21.3 Å². The quantitative estimate of drug-likeness (QED) is 0.754. The van der Waals surface area contributed by atoms with Gasteiger partial charge in [-0.05, 0) is 29.0 Å². The molecule has 20 heavy (non-hydrogen) atoms. The van der Waals surface area contributed by atoms with Crippen molar-refractivity contribution in [3.63, 3.8) is 0 Å². The fourth-order valence-corrected chi connectivity index (χ4v) is 2.89. The maximum atomic E-state index is 5.25. The summed E-state index contributed by atoms with van der Waals surface area (Å²) in [6, 6.07) is 16.9. The molecule has 106 valence electrons. The molecule has 0 fully saturated rings. The molecule has 0 saturated carbocycles. The molecule has 0 atom stereocenters. The zero-order valence-electron chi connectivity index (χ0n) is 12.1. The van der Waals surface area contributed by atoms with Crippen molar-refractivity contribution in [2.45, 2.75) is 25.0 Å². The van der Waals surface area contributed by atoms with Crippen molar-refractivity contribution in [2.24, 2.45) is 0 Å². The monoisotopic (exact) mass is 287 g/mol. The third-order valence-electron chi connectivity index (χ3n) is 3.07. The van der Waals surface area contributed by atoms with Gasteiger partial charge in [-0.3, -0.25) is 0 Å². The maximum Gasteiger partial charge on any atom is 0.0716 e. The second-order valence-electron chi connectivity index (χ2n) is 4.48. The van der Waals surface area contributed by atoms with E-state index in [9.17, 15) is 0 Å². The first-order valence-electron chi connectivity index (χ1n) is 6.86. The van der Waals surface area contributed by atoms with Crippen LogP contribution in [-0.4, -0.2) is 12.9 Å². The summed E-state index contributed by atoms with van der Waals surface area (Å²) in [6.07, 6.45) is 0. The van der Waals surface area contributed by atoms with Crippen LogP contribution in [0.5, 0.6) is 0 Å². The molecule has 0 aliphatic rings. The molecular weight excluding hydrogens is 266 g/mol. The van der Waals surface area contributed by atoms with Crippen LogP contribution in [-0.2, 0) is 17.9 Å². The molecule has 0 unspecified atom stereocenters. The molecule has 2 aromatic carbocycles. The van der Waals surface area contributed by atoms with E-state index in [0.717, 1.165) is 12.3 Å². The molecule has 0 saturated heterocycles. The fraction of sp³-hybridized carbons (Fsp3) is 0.294. The minimum atomic E-state index is 0.656. The van der Waals surface area contributed by atoms with E-state index in [-0.39, 0.29) is 0 Å². The smallest absolute Gasteiger partial charge is 0.0716 e. The van der Waals surface area contributed by atoms with Crippen LogP contribution in [0.3, 0.4) is 0 Å². The first-order chi connectivity index (χ1) is 9.85. The van der Waals surface area contributed by atoms with E-state index < -0.39 is 0 Å². The van der Waals surface area contributed by atoms with Crippen LogP contribution >= 0.6 is 11.8 Å². The molecule has 2 nitrogen and oxygen atoms in total. The van der Waals surface area contributed by atoms with Crippen molar-refractivity contribution >= 4 is 17.4 Å². The molecule has 0 aromatic heterocycles. The van der Waals surface area contributed by atoms with Crippen molar-refractivity contribution in [3.05, 3.63) is 59.7 Å². The first-order valence-corrected chi connectivity index (χ1v) is 7.85. The second kappa shape index (κ2) is 7.98. The molecule has 1 N–H and O–H groups in total. The van der Waals surface area contributed by atoms with Gasteiger partial charge in [0.1, 0.15) is 0 Å². The lowest BCUT2D eigenvalue weighted by Crippen LogP contribution is -2.04. The Morgan fingerprint density at radius 1 is 1.00 bits per heavy atom. The predicted molar refractivity (Wildman–Crippen MR) is 87.3 cm³/mol. The van der Waals surface area contributed by atoms with Gasteiger partial charge in [0.05, 0.1) is 6.61 Å². The van der Waals surface area contributed by atoms with Crippen molar-refractivity contribution in [3.8, 4) is 0 Å². The van der Waals surface area contributed by atoms with Crippen molar-refractivity contribution in [1.29, 1.82) is 0 Å². The van der Waals surface area contributed by atoms with Crippen molar-refractivity contribution in [1.82, 2.24) is 0 Å². The van der Waals surface area contributed by atoms with E-state index in [1.54, 1.807) is 7.11 Å². The van der Waals surface area contributed by atoms with Gasteiger partial charge < -0.3 is 10.1 Å². The zero-order chi connectivity index (χ0) is 14.2. The largest absolute Gasteiger partial charge is 0.380 e. The Hall–Kier alpha value is -1.45. The molecule has 0 amide bonds. The average molecular weight is 287 g/mol. The Balaban J connectivity index is 2.09. The van der Waals surface area contributed by atoms with Gasteiger partial charge in [-0.15, -0.1) is 11.8 Å². The van der Waals surface area contributed by atoms with Crippen LogP contribution in [0.15, 0.2) is 53.4 Å². The number of anilines is 1. The van der Waals surface area contributed by atoms with Gasteiger partial charge >= 0.3 is 0 Å². The van der Waals surface area contributed by atoms with Gasteiger partial charge in [0, 0.05) is 24.2 Å². The molecule has 0 radical (unpaired) electrons. The Bertz CT molecular complexity index is 493.